The maximum absolute atomic E-state index is 13.9. The van der Waals surface area contributed by atoms with Crippen LogP contribution in [0.15, 0.2) is 24.3 Å². The van der Waals surface area contributed by atoms with Crippen molar-refractivity contribution in [2.45, 2.75) is 57.9 Å². The van der Waals surface area contributed by atoms with Crippen LogP contribution in [0.3, 0.4) is 0 Å². The van der Waals surface area contributed by atoms with Crippen molar-refractivity contribution < 1.29 is 4.39 Å². The van der Waals surface area contributed by atoms with Crippen LogP contribution in [0.2, 0.25) is 0 Å². The van der Waals surface area contributed by atoms with Gasteiger partial charge in [0.05, 0.1) is 0 Å². The molecule has 1 aromatic rings. The van der Waals surface area contributed by atoms with Crippen LogP contribution >= 0.6 is 0 Å². The molecule has 0 aromatic heterocycles. The van der Waals surface area contributed by atoms with Crippen molar-refractivity contribution in [3.63, 3.8) is 0 Å². The highest BCUT2D eigenvalue weighted by Crippen LogP contribution is 2.30. The molecule has 0 amide bonds. The SMILES string of the molecule is CCNC(CCC1CCCCC1)c1ccccc1F. The second kappa shape index (κ2) is 7.64. The van der Waals surface area contributed by atoms with Crippen molar-refractivity contribution in [3.05, 3.63) is 35.6 Å². The standard InChI is InChI=1S/C17H26FN/c1-2-19-17(15-10-6-7-11-16(15)18)13-12-14-8-4-3-5-9-14/h6-7,10-11,14,17,19H,2-5,8-9,12-13H2,1H3. The summed E-state index contributed by atoms with van der Waals surface area (Å²) in [5.41, 5.74) is 0.833. The Morgan fingerprint density at radius 2 is 1.95 bits per heavy atom. The van der Waals surface area contributed by atoms with Gasteiger partial charge in [-0.3, -0.25) is 0 Å². The second-order valence-corrected chi connectivity index (χ2v) is 5.71. The molecule has 2 rings (SSSR count). The van der Waals surface area contributed by atoms with Gasteiger partial charge >= 0.3 is 0 Å². The molecule has 106 valence electrons. The first-order chi connectivity index (χ1) is 9.31. The number of nitrogens with one attached hydrogen (secondary N) is 1. The average molecular weight is 263 g/mol. The lowest BCUT2D eigenvalue weighted by Gasteiger charge is -2.25. The highest BCUT2D eigenvalue weighted by molar-refractivity contribution is 5.21. The Labute approximate surface area is 116 Å². The third kappa shape index (κ3) is 4.31. The Morgan fingerprint density at radius 3 is 2.63 bits per heavy atom. The molecular formula is C17H26FN. The predicted octanol–water partition coefficient (Wildman–Crippen LogP) is 4.84. The van der Waals surface area contributed by atoms with Crippen molar-refractivity contribution in [2.75, 3.05) is 6.54 Å². The van der Waals surface area contributed by atoms with Gasteiger partial charge in [0, 0.05) is 11.6 Å². The summed E-state index contributed by atoms with van der Waals surface area (Å²) in [5.74, 6) is 0.791. The fraction of sp³-hybridized carbons (Fsp3) is 0.647. The third-order valence-electron chi connectivity index (χ3n) is 4.32. The van der Waals surface area contributed by atoms with Crippen molar-refractivity contribution in [2.24, 2.45) is 5.92 Å². The van der Waals surface area contributed by atoms with Crippen LogP contribution in [-0.4, -0.2) is 6.54 Å². The molecule has 1 unspecified atom stereocenters. The van der Waals surface area contributed by atoms with E-state index in [-0.39, 0.29) is 11.9 Å². The van der Waals surface area contributed by atoms with Crippen molar-refractivity contribution in [3.8, 4) is 0 Å². The van der Waals surface area contributed by atoms with Gasteiger partial charge in [0.25, 0.3) is 0 Å². The van der Waals surface area contributed by atoms with Gasteiger partial charge in [-0.15, -0.1) is 0 Å². The Kier molecular flexibility index (Phi) is 5.84. The summed E-state index contributed by atoms with van der Waals surface area (Å²) in [4.78, 5) is 0. The highest BCUT2D eigenvalue weighted by atomic mass is 19.1. The Hall–Kier alpha value is -0.890. The molecule has 0 aliphatic heterocycles. The summed E-state index contributed by atoms with van der Waals surface area (Å²) in [5, 5.41) is 3.44. The third-order valence-corrected chi connectivity index (χ3v) is 4.32. The Morgan fingerprint density at radius 1 is 1.21 bits per heavy atom. The lowest BCUT2D eigenvalue weighted by atomic mass is 9.84. The van der Waals surface area contributed by atoms with Gasteiger partial charge in [0.15, 0.2) is 0 Å². The van der Waals surface area contributed by atoms with E-state index >= 15 is 0 Å². The second-order valence-electron chi connectivity index (χ2n) is 5.71. The fourth-order valence-corrected chi connectivity index (χ4v) is 3.25. The molecule has 0 spiro atoms. The van der Waals surface area contributed by atoms with Crippen molar-refractivity contribution >= 4 is 0 Å². The quantitative estimate of drug-likeness (QED) is 0.774. The van der Waals surface area contributed by atoms with Crippen LogP contribution in [0, 0.1) is 11.7 Å². The summed E-state index contributed by atoms with van der Waals surface area (Å²) in [7, 11) is 0. The fourth-order valence-electron chi connectivity index (χ4n) is 3.25. The van der Waals surface area contributed by atoms with Crippen molar-refractivity contribution in [1.82, 2.24) is 5.32 Å². The summed E-state index contributed by atoms with van der Waals surface area (Å²) >= 11 is 0. The summed E-state index contributed by atoms with van der Waals surface area (Å²) in [6.07, 6.45) is 9.20. The molecule has 1 saturated carbocycles. The Balaban J connectivity index is 1.94. The van der Waals surface area contributed by atoms with Crippen LogP contribution in [0.5, 0.6) is 0 Å². The molecule has 0 radical (unpaired) electrons. The van der Waals surface area contributed by atoms with E-state index in [0.717, 1.165) is 24.4 Å². The first-order valence-corrected chi connectivity index (χ1v) is 7.79. The van der Waals surface area contributed by atoms with Gasteiger partial charge in [-0.05, 0) is 31.4 Å². The van der Waals surface area contributed by atoms with E-state index in [1.54, 1.807) is 12.1 Å². The average Bonchev–Trinajstić information content (AvgIpc) is 2.45. The predicted molar refractivity (Wildman–Crippen MR) is 78.6 cm³/mol. The van der Waals surface area contributed by atoms with E-state index in [1.165, 1.54) is 38.5 Å². The minimum absolute atomic E-state index is 0.0721. The first-order valence-electron chi connectivity index (χ1n) is 7.79. The topological polar surface area (TPSA) is 12.0 Å². The number of halogens is 1. The monoisotopic (exact) mass is 263 g/mol. The normalized spacial score (nSPS) is 18.4. The Bertz CT molecular complexity index is 371. The molecule has 19 heavy (non-hydrogen) atoms. The summed E-state index contributed by atoms with van der Waals surface area (Å²) < 4.78 is 13.9. The van der Waals surface area contributed by atoms with Crippen LogP contribution < -0.4 is 5.32 Å². The lowest BCUT2D eigenvalue weighted by Crippen LogP contribution is -2.23. The minimum Gasteiger partial charge on any atom is -0.310 e. The molecule has 1 fully saturated rings. The van der Waals surface area contributed by atoms with E-state index < -0.39 is 0 Å². The van der Waals surface area contributed by atoms with Gasteiger partial charge in [-0.1, -0.05) is 57.2 Å². The molecule has 2 heteroatoms. The molecule has 1 aliphatic carbocycles. The molecule has 1 aliphatic rings. The maximum atomic E-state index is 13.9. The van der Waals surface area contributed by atoms with E-state index in [2.05, 4.69) is 12.2 Å². The van der Waals surface area contributed by atoms with Gasteiger partial charge in [0.1, 0.15) is 5.82 Å². The zero-order chi connectivity index (χ0) is 13.5. The number of hydrogen-bond acceptors (Lipinski definition) is 1. The summed E-state index contributed by atoms with van der Waals surface area (Å²) in [6.45, 7) is 2.98. The smallest absolute Gasteiger partial charge is 0.127 e. The van der Waals surface area contributed by atoms with Gasteiger partial charge in [0.2, 0.25) is 0 Å². The molecule has 1 atom stereocenters. The number of benzene rings is 1. The highest BCUT2D eigenvalue weighted by Gasteiger charge is 2.18. The zero-order valence-corrected chi connectivity index (χ0v) is 12.0. The molecular weight excluding hydrogens is 237 g/mol. The number of hydrogen-bond donors (Lipinski definition) is 1. The first kappa shape index (κ1) is 14.5. The van der Waals surface area contributed by atoms with Gasteiger partial charge < -0.3 is 5.32 Å². The largest absolute Gasteiger partial charge is 0.310 e. The van der Waals surface area contributed by atoms with Crippen molar-refractivity contribution in [1.29, 1.82) is 0 Å². The van der Waals surface area contributed by atoms with Crippen LogP contribution in [0.25, 0.3) is 0 Å². The van der Waals surface area contributed by atoms with Crippen LogP contribution in [-0.2, 0) is 0 Å². The molecule has 1 nitrogen and oxygen atoms in total. The van der Waals surface area contributed by atoms with E-state index in [1.807, 2.05) is 12.1 Å². The van der Waals surface area contributed by atoms with E-state index in [9.17, 15) is 4.39 Å². The molecule has 1 N–H and O–H groups in total. The van der Waals surface area contributed by atoms with Gasteiger partial charge in [-0.25, -0.2) is 4.39 Å². The lowest BCUT2D eigenvalue weighted by molar-refractivity contribution is 0.313. The van der Waals surface area contributed by atoms with E-state index in [0.29, 0.717) is 0 Å². The van der Waals surface area contributed by atoms with Crippen LogP contribution in [0.1, 0.15) is 63.5 Å². The van der Waals surface area contributed by atoms with Crippen LogP contribution in [0.4, 0.5) is 4.39 Å². The molecule has 1 aromatic carbocycles. The molecule has 0 bridgehead atoms. The number of rotatable bonds is 6. The minimum atomic E-state index is -0.0721. The molecule has 0 saturated heterocycles. The zero-order valence-electron chi connectivity index (χ0n) is 12.0. The van der Waals surface area contributed by atoms with E-state index in [4.69, 9.17) is 0 Å². The summed E-state index contributed by atoms with van der Waals surface area (Å²) in [6, 6.07) is 7.36. The van der Waals surface area contributed by atoms with Gasteiger partial charge in [-0.2, -0.15) is 0 Å². The maximum Gasteiger partial charge on any atom is 0.127 e. The molecule has 0 heterocycles.